The Hall–Kier alpha value is -1.03. The predicted molar refractivity (Wildman–Crippen MR) is 52.2 cm³/mol. The lowest BCUT2D eigenvalue weighted by atomic mass is 10.2. The number of rotatable bonds is 3. The van der Waals surface area contributed by atoms with Crippen molar-refractivity contribution in [3.05, 3.63) is 30.7 Å². The van der Waals surface area contributed by atoms with Gasteiger partial charge in [-0.3, -0.25) is 0 Å². The highest BCUT2D eigenvalue weighted by atomic mass is 79.9. The zero-order chi connectivity index (χ0) is 9.84. The molecule has 0 amide bonds. The number of halogens is 1. The van der Waals surface area contributed by atoms with Crippen LogP contribution in [0.25, 0.3) is 5.57 Å². The zero-order valence-electron chi connectivity index (χ0n) is 7.12. The lowest BCUT2D eigenvalue weighted by Gasteiger charge is -2.06. The summed E-state index contributed by atoms with van der Waals surface area (Å²) in [6.07, 6.45) is 1.48. The zero-order valence-corrected chi connectivity index (χ0v) is 8.71. The van der Waals surface area contributed by atoms with E-state index in [-0.39, 0.29) is 10.6 Å². The van der Waals surface area contributed by atoms with Gasteiger partial charge in [0.05, 0.1) is 11.8 Å². The summed E-state index contributed by atoms with van der Waals surface area (Å²) in [6.45, 7) is 5.26. The number of furan rings is 1. The minimum atomic E-state index is -0.487. The average molecular weight is 245 g/mol. The number of ether oxygens (including phenoxy) is 1. The summed E-state index contributed by atoms with van der Waals surface area (Å²) in [6, 6.07) is 3.34. The molecule has 1 aromatic rings. The predicted octanol–water partition coefficient (Wildman–Crippen LogP) is 2.58. The first-order valence-corrected chi connectivity index (χ1v) is 4.60. The van der Waals surface area contributed by atoms with Gasteiger partial charge in [0, 0.05) is 0 Å². The molecule has 0 aliphatic rings. The standard InChI is InChI=1S/C9H9BrO3/c1-6(8-4-3-5-12-8)9(11)13-7(2)10/h3-5,7H,1H2,2H3. The first-order chi connectivity index (χ1) is 6.11. The van der Waals surface area contributed by atoms with Crippen molar-refractivity contribution in [1.29, 1.82) is 0 Å². The average Bonchev–Trinajstić information content (AvgIpc) is 2.53. The fourth-order valence-corrected chi connectivity index (χ4v) is 0.939. The fourth-order valence-electron chi connectivity index (χ4n) is 0.769. The second-order valence-corrected chi connectivity index (χ2v) is 3.69. The molecule has 0 aliphatic carbocycles. The number of esters is 1. The third-order valence-corrected chi connectivity index (χ3v) is 1.52. The molecule has 1 aromatic heterocycles. The summed E-state index contributed by atoms with van der Waals surface area (Å²) in [7, 11) is 0. The van der Waals surface area contributed by atoms with Gasteiger partial charge in [0.15, 0.2) is 5.01 Å². The SMILES string of the molecule is C=C(C(=O)OC(C)Br)c1ccco1. The number of alkyl halides is 1. The smallest absolute Gasteiger partial charge is 0.342 e. The lowest BCUT2D eigenvalue weighted by molar-refractivity contribution is -0.137. The highest BCUT2D eigenvalue weighted by Crippen LogP contribution is 2.15. The summed E-state index contributed by atoms with van der Waals surface area (Å²) in [5.74, 6) is -0.0579. The molecule has 1 unspecified atom stereocenters. The Morgan fingerprint density at radius 3 is 2.92 bits per heavy atom. The van der Waals surface area contributed by atoms with Crippen molar-refractivity contribution >= 4 is 27.5 Å². The molecule has 13 heavy (non-hydrogen) atoms. The minimum Gasteiger partial charge on any atom is -0.464 e. The van der Waals surface area contributed by atoms with E-state index in [1.807, 2.05) is 0 Å². The normalized spacial score (nSPS) is 12.2. The second-order valence-electron chi connectivity index (χ2n) is 2.40. The Bertz CT molecular complexity index is 301. The number of hydrogen-bond donors (Lipinski definition) is 0. The maximum atomic E-state index is 11.2. The highest BCUT2D eigenvalue weighted by molar-refractivity contribution is 9.09. The Morgan fingerprint density at radius 2 is 2.46 bits per heavy atom. The van der Waals surface area contributed by atoms with Gasteiger partial charge in [-0.25, -0.2) is 4.79 Å². The van der Waals surface area contributed by atoms with Crippen molar-refractivity contribution in [2.24, 2.45) is 0 Å². The van der Waals surface area contributed by atoms with Crippen molar-refractivity contribution in [2.45, 2.75) is 11.9 Å². The molecule has 0 aliphatic heterocycles. The van der Waals surface area contributed by atoms with Gasteiger partial charge >= 0.3 is 5.97 Å². The van der Waals surface area contributed by atoms with Crippen molar-refractivity contribution in [2.75, 3.05) is 0 Å². The molecule has 0 aromatic carbocycles. The Balaban J connectivity index is 2.64. The largest absolute Gasteiger partial charge is 0.464 e. The lowest BCUT2D eigenvalue weighted by Crippen LogP contribution is -2.09. The van der Waals surface area contributed by atoms with E-state index < -0.39 is 5.97 Å². The van der Waals surface area contributed by atoms with Crippen molar-refractivity contribution in [1.82, 2.24) is 0 Å². The molecule has 0 N–H and O–H groups in total. The molecule has 1 heterocycles. The number of carbonyl (C=O) groups is 1. The van der Waals surface area contributed by atoms with Crippen LogP contribution in [0.2, 0.25) is 0 Å². The van der Waals surface area contributed by atoms with Gasteiger partial charge in [-0.15, -0.1) is 0 Å². The first kappa shape index (κ1) is 10.1. The van der Waals surface area contributed by atoms with Crippen molar-refractivity contribution in [3.63, 3.8) is 0 Å². The van der Waals surface area contributed by atoms with E-state index in [1.165, 1.54) is 6.26 Å². The van der Waals surface area contributed by atoms with Gasteiger partial charge < -0.3 is 9.15 Å². The van der Waals surface area contributed by atoms with Gasteiger partial charge in [-0.2, -0.15) is 0 Å². The number of carbonyl (C=O) groups excluding carboxylic acids is 1. The van der Waals surface area contributed by atoms with E-state index >= 15 is 0 Å². The quantitative estimate of drug-likeness (QED) is 0.466. The Morgan fingerprint density at radius 1 is 1.77 bits per heavy atom. The van der Waals surface area contributed by atoms with Gasteiger partial charge in [0.25, 0.3) is 0 Å². The van der Waals surface area contributed by atoms with Crippen LogP contribution in [0.5, 0.6) is 0 Å². The van der Waals surface area contributed by atoms with E-state index in [2.05, 4.69) is 22.5 Å². The maximum Gasteiger partial charge on any atom is 0.342 e. The van der Waals surface area contributed by atoms with Gasteiger partial charge in [0.2, 0.25) is 0 Å². The molecule has 4 heteroatoms. The minimum absolute atomic E-state index is 0.219. The summed E-state index contributed by atoms with van der Waals surface area (Å²) < 4.78 is 9.84. The molecule has 3 nitrogen and oxygen atoms in total. The first-order valence-electron chi connectivity index (χ1n) is 3.69. The summed E-state index contributed by atoms with van der Waals surface area (Å²) in [5.41, 5.74) is 0.219. The van der Waals surface area contributed by atoms with Crippen LogP contribution in [0.4, 0.5) is 0 Å². The van der Waals surface area contributed by atoms with Crippen LogP contribution >= 0.6 is 15.9 Å². The van der Waals surface area contributed by atoms with Gasteiger partial charge in [0.1, 0.15) is 5.76 Å². The van der Waals surface area contributed by atoms with E-state index in [9.17, 15) is 4.79 Å². The third-order valence-electron chi connectivity index (χ3n) is 1.33. The van der Waals surface area contributed by atoms with Crippen LogP contribution in [0, 0.1) is 0 Å². The van der Waals surface area contributed by atoms with Crippen LogP contribution in [0.3, 0.4) is 0 Å². The molecule has 1 atom stereocenters. The molecule has 0 fully saturated rings. The third kappa shape index (κ3) is 2.73. The van der Waals surface area contributed by atoms with E-state index in [4.69, 9.17) is 9.15 Å². The fraction of sp³-hybridized carbons (Fsp3) is 0.222. The highest BCUT2D eigenvalue weighted by Gasteiger charge is 2.14. The Labute approximate surface area is 84.5 Å². The molecule has 1 rings (SSSR count). The molecule has 0 saturated heterocycles. The topological polar surface area (TPSA) is 39.4 Å². The summed E-state index contributed by atoms with van der Waals surface area (Å²) in [5, 5.41) is -0.327. The molecule has 0 saturated carbocycles. The van der Waals surface area contributed by atoms with Crippen LogP contribution in [0.1, 0.15) is 12.7 Å². The van der Waals surface area contributed by atoms with Gasteiger partial charge in [-0.05, 0) is 35.0 Å². The molecule has 0 bridgehead atoms. The Kier molecular flexibility index (Phi) is 3.31. The molecule has 0 spiro atoms. The maximum absolute atomic E-state index is 11.2. The van der Waals surface area contributed by atoms with Crippen LogP contribution < -0.4 is 0 Å². The van der Waals surface area contributed by atoms with E-state index in [0.29, 0.717) is 5.76 Å². The molecule has 0 radical (unpaired) electrons. The molecular formula is C9H9BrO3. The summed E-state index contributed by atoms with van der Waals surface area (Å²) in [4.78, 5) is 11.2. The monoisotopic (exact) mass is 244 g/mol. The van der Waals surface area contributed by atoms with Crippen molar-refractivity contribution in [3.8, 4) is 0 Å². The summed E-state index contributed by atoms with van der Waals surface area (Å²) >= 11 is 3.09. The van der Waals surface area contributed by atoms with Crippen LogP contribution in [0.15, 0.2) is 29.4 Å². The van der Waals surface area contributed by atoms with E-state index in [0.717, 1.165) is 0 Å². The van der Waals surface area contributed by atoms with Crippen molar-refractivity contribution < 1.29 is 13.9 Å². The van der Waals surface area contributed by atoms with Crippen LogP contribution in [-0.2, 0) is 9.53 Å². The van der Waals surface area contributed by atoms with Gasteiger partial charge in [-0.1, -0.05) is 6.58 Å². The molecule has 70 valence electrons. The molecular weight excluding hydrogens is 236 g/mol. The number of hydrogen-bond acceptors (Lipinski definition) is 3. The van der Waals surface area contributed by atoms with Crippen LogP contribution in [-0.4, -0.2) is 11.0 Å². The van der Waals surface area contributed by atoms with E-state index in [1.54, 1.807) is 19.1 Å². The second kappa shape index (κ2) is 4.28.